The normalized spacial score (nSPS) is 18.0. The van der Waals surface area contributed by atoms with E-state index in [1.165, 1.54) is 17.8 Å². The molecule has 0 bridgehead atoms. The predicted octanol–water partition coefficient (Wildman–Crippen LogP) is 4.83. The highest BCUT2D eigenvalue weighted by molar-refractivity contribution is 7.07. The lowest BCUT2D eigenvalue weighted by molar-refractivity contribution is 0.271. The van der Waals surface area contributed by atoms with Gasteiger partial charge in [0, 0.05) is 19.6 Å². The number of thiophene rings is 1. The van der Waals surface area contributed by atoms with Crippen LogP contribution in [0.15, 0.2) is 46.1 Å². The van der Waals surface area contributed by atoms with Crippen LogP contribution in [0.1, 0.15) is 39.2 Å². The van der Waals surface area contributed by atoms with Crippen molar-refractivity contribution in [2.75, 3.05) is 32.7 Å². The minimum absolute atomic E-state index is 0.727. The van der Waals surface area contributed by atoms with Crippen LogP contribution in [-0.4, -0.2) is 48.4 Å². The Kier molecular flexibility index (Phi) is 8.98. The van der Waals surface area contributed by atoms with Gasteiger partial charge in [-0.15, -0.1) is 0 Å². The van der Waals surface area contributed by atoms with Crippen LogP contribution in [0.25, 0.3) is 0 Å². The van der Waals surface area contributed by atoms with Gasteiger partial charge in [-0.2, -0.15) is 11.3 Å². The van der Waals surface area contributed by atoms with E-state index in [-0.39, 0.29) is 0 Å². The summed E-state index contributed by atoms with van der Waals surface area (Å²) in [6, 6.07) is 2.24. The molecule has 0 unspecified atom stereocenters. The molecule has 0 N–H and O–H groups in total. The second kappa shape index (κ2) is 11.3. The number of nitrogens with zero attached hydrogens (tertiary/aromatic N) is 3. The summed E-state index contributed by atoms with van der Waals surface area (Å²) in [5.41, 5.74) is 1.42. The summed E-state index contributed by atoms with van der Waals surface area (Å²) < 4.78 is 0. The first-order chi connectivity index (χ1) is 12.2. The first-order valence-electron chi connectivity index (χ1n) is 9.52. The third-order valence-electron chi connectivity index (χ3n) is 4.32. The van der Waals surface area contributed by atoms with E-state index in [4.69, 9.17) is 4.99 Å². The molecule has 0 radical (unpaired) electrons. The van der Waals surface area contributed by atoms with E-state index >= 15 is 0 Å². The largest absolute Gasteiger partial charge is 0.356 e. The highest BCUT2D eigenvalue weighted by atomic mass is 32.1. The quantitative estimate of drug-likeness (QED) is 0.629. The summed E-state index contributed by atoms with van der Waals surface area (Å²) in [7, 11) is 0. The van der Waals surface area contributed by atoms with Gasteiger partial charge in [0.25, 0.3) is 0 Å². The molecule has 0 spiro atoms. The summed E-state index contributed by atoms with van der Waals surface area (Å²) in [6.07, 6.45) is 11.0. The molecule has 0 saturated carbocycles. The Balaban J connectivity index is 2.10. The molecule has 0 saturated heterocycles. The van der Waals surface area contributed by atoms with Crippen molar-refractivity contribution in [3.05, 3.63) is 46.7 Å². The summed E-state index contributed by atoms with van der Waals surface area (Å²) in [5, 5.41) is 4.44. The van der Waals surface area contributed by atoms with E-state index in [9.17, 15) is 0 Å². The van der Waals surface area contributed by atoms with Crippen LogP contribution < -0.4 is 0 Å². The molecule has 1 aliphatic rings. The molecule has 4 heteroatoms. The van der Waals surface area contributed by atoms with Crippen LogP contribution in [0.5, 0.6) is 0 Å². The molecule has 1 aliphatic heterocycles. The first kappa shape index (κ1) is 19.9. The second-order valence-electron chi connectivity index (χ2n) is 7.08. The van der Waals surface area contributed by atoms with Crippen LogP contribution in [0.3, 0.4) is 0 Å². The fourth-order valence-corrected chi connectivity index (χ4v) is 3.57. The van der Waals surface area contributed by atoms with Crippen LogP contribution in [-0.2, 0) is 6.54 Å². The van der Waals surface area contributed by atoms with Crippen LogP contribution in [0.4, 0.5) is 0 Å². The smallest absolute Gasteiger partial charge is 0.114 e. The fraction of sp³-hybridized carbons (Fsp3) is 0.571. The van der Waals surface area contributed by atoms with E-state index < -0.39 is 0 Å². The van der Waals surface area contributed by atoms with Gasteiger partial charge in [0.1, 0.15) is 5.84 Å². The van der Waals surface area contributed by atoms with E-state index in [0.29, 0.717) is 0 Å². The SMILES string of the molecule is CCCN1C/C=C\C=C/CN=C1CN(CCC(C)C)Cc1ccsc1. The Bertz CT molecular complexity index is 558. The molecule has 1 aromatic rings. The van der Waals surface area contributed by atoms with Gasteiger partial charge in [0.15, 0.2) is 0 Å². The van der Waals surface area contributed by atoms with Crippen molar-refractivity contribution < 1.29 is 0 Å². The number of aliphatic imine (C=N–C) groups is 1. The fourth-order valence-electron chi connectivity index (χ4n) is 2.91. The minimum Gasteiger partial charge on any atom is -0.356 e. The minimum atomic E-state index is 0.727. The Morgan fingerprint density at radius 1 is 1.24 bits per heavy atom. The van der Waals surface area contributed by atoms with E-state index in [0.717, 1.165) is 51.6 Å². The van der Waals surface area contributed by atoms with E-state index in [2.05, 4.69) is 71.7 Å². The van der Waals surface area contributed by atoms with Crippen molar-refractivity contribution in [3.63, 3.8) is 0 Å². The summed E-state index contributed by atoms with van der Waals surface area (Å²) >= 11 is 1.78. The standard InChI is InChI=1S/C21H33N3S/c1-4-12-24-13-8-6-5-7-11-22-21(24)17-23(14-9-19(2)3)16-20-10-15-25-18-20/h5-8,10,15,18-19H,4,9,11-14,16-17H2,1-3H3/b7-5-,8-6-,22-21?. The topological polar surface area (TPSA) is 18.8 Å². The van der Waals surface area contributed by atoms with Gasteiger partial charge < -0.3 is 4.90 Å². The maximum absolute atomic E-state index is 4.92. The third-order valence-corrected chi connectivity index (χ3v) is 5.05. The number of allylic oxidation sites excluding steroid dienone is 2. The molecule has 3 nitrogen and oxygen atoms in total. The van der Waals surface area contributed by atoms with E-state index in [1.807, 2.05) is 0 Å². The Labute approximate surface area is 157 Å². The van der Waals surface area contributed by atoms with Crippen molar-refractivity contribution >= 4 is 17.2 Å². The molecule has 0 aliphatic carbocycles. The molecule has 25 heavy (non-hydrogen) atoms. The first-order valence-corrected chi connectivity index (χ1v) is 10.5. The van der Waals surface area contributed by atoms with Crippen molar-refractivity contribution in [1.82, 2.24) is 9.80 Å². The number of rotatable bonds is 9. The number of hydrogen-bond donors (Lipinski definition) is 0. The maximum atomic E-state index is 4.92. The van der Waals surface area contributed by atoms with Crippen molar-refractivity contribution in [3.8, 4) is 0 Å². The van der Waals surface area contributed by atoms with Gasteiger partial charge in [-0.05, 0) is 47.7 Å². The third kappa shape index (κ3) is 7.57. The van der Waals surface area contributed by atoms with Crippen molar-refractivity contribution in [2.45, 2.75) is 40.2 Å². The molecule has 2 heterocycles. The average Bonchev–Trinajstić information content (AvgIpc) is 3.11. The Morgan fingerprint density at radius 2 is 2.08 bits per heavy atom. The second-order valence-corrected chi connectivity index (χ2v) is 7.86. The Morgan fingerprint density at radius 3 is 2.80 bits per heavy atom. The van der Waals surface area contributed by atoms with Crippen LogP contribution in [0, 0.1) is 5.92 Å². The highest BCUT2D eigenvalue weighted by Gasteiger charge is 2.16. The van der Waals surface area contributed by atoms with E-state index in [1.54, 1.807) is 11.3 Å². The average molecular weight is 360 g/mol. The lowest BCUT2D eigenvalue weighted by Crippen LogP contribution is -2.41. The zero-order chi connectivity index (χ0) is 17.9. The van der Waals surface area contributed by atoms with Gasteiger partial charge in [0.2, 0.25) is 0 Å². The van der Waals surface area contributed by atoms with Crippen molar-refractivity contribution in [1.29, 1.82) is 0 Å². The zero-order valence-corrected chi connectivity index (χ0v) is 16.8. The maximum Gasteiger partial charge on any atom is 0.114 e. The molecular weight excluding hydrogens is 326 g/mol. The van der Waals surface area contributed by atoms with Gasteiger partial charge in [-0.1, -0.05) is 45.1 Å². The van der Waals surface area contributed by atoms with Crippen LogP contribution in [0.2, 0.25) is 0 Å². The zero-order valence-electron chi connectivity index (χ0n) is 16.0. The molecule has 138 valence electrons. The van der Waals surface area contributed by atoms with Gasteiger partial charge in [0.05, 0.1) is 13.1 Å². The monoisotopic (exact) mass is 359 g/mol. The summed E-state index contributed by atoms with van der Waals surface area (Å²) in [4.78, 5) is 9.92. The molecule has 0 fully saturated rings. The van der Waals surface area contributed by atoms with Crippen LogP contribution >= 0.6 is 11.3 Å². The molecule has 2 rings (SSSR count). The lowest BCUT2D eigenvalue weighted by atomic mass is 10.1. The summed E-state index contributed by atoms with van der Waals surface area (Å²) in [6.45, 7) is 12.7. The Hall–Kier alpha value is -1.39. The highest BCUT2D eigenvalue weighted by Crippen LogP contribution is 2.13. The molecule has 0 aromatic carbocycles. The summed E-state index contributed by atoms with van der Waals surface area (Å²) in [5.74, 6) is 1.96. The molecule has 1 aromatic heterocycles. The van der Waals surface area contributed by atoms with Gasteiger partial charge in [-0.3, -0.25) is 9.89 Å². The molecule has 0 amide bonds. The van der Waals surface area contributed by atoms with Gasteiger partial charge in [-0.25, -0.2) is 0 Å². The van der Waals surface area contributed by atoms with Gasteiger partial charge >= 0.3 is 0 Å². The predicted molar refractivity (Wildman–Crippen MR) is 111 cm³/mol. The number of hydrogen-bond acceptors (Lipinski definition) is 4. The molecule has 0 atom stereocenters. The lowest BCUT2D eigenvalue weighted by Gasteiger charge is -2.30. The van der Waals surface area contributed by atoms with Crippen molar-refractivity contribution in [2.24, 2.45) is 10.9 Å². The molecular formula is C21H33N3S. The number of amidine groups is 1.